The molecule has 0 radical (unpaired) electrons. The zero-order valence-electron chi connectivity index (χ0n) is 12.3. The molecule has 2 aromatic heterocycles. The summed E-state index contributed by atoms with van der Waals surface area (Å²) in [6.45, 7) is 3.80. The molecule has 3 aromatic rings. The highest BCUT2D eigenvalue weighted by atomic mass is 79.9. The molecule has 0 unspecified atom stereocenters. The molecule has 0 aliphatic heterocycles. The number of benzene rings is 1. The summed E-state index contributed by atoms with van der Waals surface area (Å²) in [5, 5.41) is 18.9. The molecule has 0 aliphatic rings. The predicted octanol–water partition coefficient (Wildman–Crippen LogP) is 3.39. The molecule has 0 aliphatic carbocycles. The quantitative estimate of drug-likeness (QED) is 0.510. The van der Waals surface area contributed by atoms with Crippen molar-refractivity contribution in [2.75, 3.05) is 0 Å². The molecule has 3 rings (SSSR count). The third-order valence-electron chi connectivity index (χ3n) is 3.41. The van der Waals surface area contributed by atoms with Crippen LogP contribution in [0.25, 0.3) is 11.4 Å². The van der Waals surface area contributed by atoms with E-state index in [4.69, 9.17) is 4.52 Å². The van der Waals surface area contributed by atoms with Gasteiger partial charge in [0, 0.05) is 23.9 Å². The zero-order valence-corrected chi connectivity index (χ0v) is 13.9. The Kier molecular flexibility index (Phi) is 3.72. The summed E-state index contributed by atoms with van der Waals surface area (Å²) < 4.78 is 7.91. The number of nitrogens with zero attached hydrogens (tertiary/aromatic N) is 5. The van der Waals surface area contributed by atoms with E-state index in [9.17, 15) is 10.1 Å². The van der Waals surface area contributed by atoms with E-state index in [1.807, 2.05) is 20.0 Å². The van der Waals surface area contributed by atoms with Gasteiger partial charge in [0.2, 0.25) is 5.82 Å². The molecule has 0 spiro atoms. The summed E-state index contributed by atoms with van der Waals surface area (Å²) in [6.07, 6.45) is 3.49. The van der Waals surface area contributed by atoms with Gasteiger partial charge >= 0.3 is 0 Å². The molecule has 0 N–H and O–H groups in total. The Hall–Kier alpha value is -2.55. The average Bonchev–Trinajstić information content (AvgIpc) is 3.17. The number of nitro groups is 1. The number of aromatic nitrogens is 4. The Morgan fingerprint density at radius 1 is 1.30 bits per heavy atom. The van der Waals surface area contributed by atoms with Crippen molar-refractivity contribution in [3.63, 3.8) is 0 Å². The smallest absolute Gasteiger partial charge is 0.269 e. The topological polar surface area (TPSA) is 99.9 Å². The maximum atomic E-state index is 10.7. The third-order valence-corrected chi connectivity index (χ3v) is 3.82. The normalized spacial score (nSPS) is 11.6. The zero-order chi connectivity index (χ0) is 16.6. The molecule has 0 amide bonds. The van der Waals surface area contributed by atoms with Crippen molar-refractivity contribution in [3.8, 4) is 11.4 Å². The van der Waals surface area contributed by atoms with Crippen LogP contribution in [0.2, 0.25) is 0 Å². The van der Waals surface area contributed by atoms with E-state index >= 15 is 0 Å². The Morgan fingerprint density at radius 2 is 2.00 bits per heavy atom. The van der Waals surface area contributed by atoms with E-state index < -0.39 is 10.5 Å². The Balaban J connectivity index is 1.92. The number of halogens is 1. The lowest BCUT2D eigenvalue weighted by Crippen LogP contribution is -2.28. The first kappa shape index (κ1) is 15.3. The van der Waals surface area contributed by atoms with E-state index in [-0.39, 0.29) is 5.69 Å². The summed E-state index contributed by atoms with van der Waals surface area (Å²) in [6, 6.07) is 5.98. The molecule has 0 fully saturated rings. The van der Waals surface area contributed by atoms with Gasteiger partial charge in [-0.15, -0.1) is 0 Å². The second-order valence-electron chi connectivity index (χ2n) is 5.39. The molecular formula is C14H12BrN5O3. The molecular weight excluding hydrogens is 366 g/mol. The van der Waals surface area contributed by atoms with Gasteiger partial charge in [-0.1, -0.05) is 5.16 Å². The van der Waals surface area contributed by atoms with Crippen molar-refractivity contribution in [3.05, 3.63) is 57.1 Å². The van der Waals surface area contributed by atoms with Gasteiger partial charge in [0.15, 0.2) is 0 Å². The summed E-state index contributed by atoms with van der Waals surface area (Å²) in [5.74, 6) is 0.760. The van der Waals surface area contributed by atoms with E-state index in [1.54, 1.807) is 23.0 Å². The Morgan fingerprint density at radius 3 is 2.57 bits per heavy atom. The summed E-state index contributed by atoms with van der Waals surface area (Å²) in [5.41, 5.74) is 0.0279. The van der Waals surface area contributed by atoms with Gasteiger partial charge in [0.05, 0.1) is 15.6 Å². The minimum absolute atomic E-state index is 0.0131. The highest BCUT2D eigenvalue weighted by Crippen LogP contribution is 2.27. The maximum absolute atomic E-state index is 10.7. The van der Waals surface area contributed by atoms with E-state index in [0.29, 0.717) is 17.3 Å². The molecule has 0 atom stereocenters. The first-order valence-corrected chi connectivity index (χ1v) is 7.47. The number of non-ortho nitro benzene ring substituents is 1. The highest BCUT2D eigenvalue weighted by molar-refractivity contribution is 9.10. The predicted molar refractivity (Wildman–Crippen MR) is 84.7 cm³/mol. The second-order valence-corrected chi connectivity index (χ2v) is 6.30. The van der Waals surface area contributed by atoms with Crippen molar-refractivity contribution < 1.29 is 9.45 Å². The molecule has 9 heteroatoms. The third kappa shape index (κ3) is 2.87. The number of rotatable bonds is 4. The highest BCUT2D eigenvalue weighted by Gasteiger charge is 2.31. The first-order chi connectivity index (χ1) is 10.9. The summed E-state index contributed by atoms with van der Waals surface area (Å²) in [4.78, 5) is 14.6. The van der Waals surface area contributed by atoms with Gasteiger partial charge in [-0.2, -0.15) is 10.1 Å². The Labute approximate surface area is 139 Å². The van der Waals surface area contributed by atoms with Crippen LogP contribution in [0.1, 0.15) is 19.7 Å². The largest absolute Gasteiger partial charge is 0.336 e. The standard InChI is InChI=1S/C14H12BrN5O3/c1-14(2,19-8-10(15)7-16-19)13-17-12(18-23-13)9-3-5-11(6-4-9)20(21)22/h3-8H,1-2H3. The lowest BCUT2D eigenvalue weighted by atomic mass is 10.1. The lowest BCUT2D eigenvalue weighted by molar-refractivity contribution is -0.384. The van der Waals surface area contributed by atoms with E-state index in [2.05, 4.69) is 31.2 Å². The van der Waals surface area contributed by atoms with Crippen molar-refractivity contribution in [1.82, 2.24) is 19.9 Å². The summed E-state index contributed by atoms with van der Waals surface area (Å²) in [7, 11) is 0. The average molecular weight is 378 g/mol. The van der Waals surface area contributed by atoms with Gasteiger partial charge in [-0.3, -0.25) is 14.8 Å². The Bertz CT molecular complexity index is 853. The fourth-order valence-electron chi connectivity index (χ4n) is 2.03. The van der Waals surface area contributed by atoms with Crippen LogP contribution in [-0.2, 0) is 5.54 Å². The van der Waals surface area contributed by atoms with Crippen LogP contribution in [0.3, 0.4) is 0 Å². The lowest BCUT2D eigenvalue weighted by Gasteiger charge is -2.20. The van der Waals surface area contributed by atoms with Crippen molar-refractivity contribution in [2.24, 2.45) is 0 Å². The molecule has 23 heavy (non-hydrogen) atoms. The number of hydrogen-bond donors (Lipinski definition) is 0. The van der Waals surface area contributed by atoms with Crippen molar-refractivity contribution >= 4 is 21.6 Å². The maximum Gasteiger partial charge on any atom is 0.269 e. The minimum Gasteiger partial charge on any atom is -0.336 e. The fraction of sp³-hybridized carbons (Fsp3) is 0.214. The minimum atomic E-state index is -0.627. The molecule has 0 saturated heterocycles. The monoisotopic (exact) mass is 377 g/mol. The van der Waals surface area contributed by atoms with Crippen LogP contribution in [0.4, 0.5) is 5.69 Å². The molecule has 2 heterocycles. The van der Waals surface area contributed by atoms with Gasteiger partial charge in [-0.05, 0) is 41.9 Å². The van der Waals surface area contributed by atoms with E-state index in [1.165, 1.54) is 12.1 Å². The van der Waals surface area contributed by atoms with Crippen LogP contribution in [0, 0.1) is 10.1 Å². The van der Waals surface area contributed by atoms with Crippen molar-refractivity contribution in [2.45, 2.75) is 19.4 Å². The molecule has 1 aromatic carbocycles. The van der Waals surface area contributed by atoms with Gasteiger partial charge < -0.3 is 4.52 Å². The summed E-state index contributed by atoms with van der Waals surface area (Å²) >= 11 is 3.35. The van der Waals surface area contributed by atoms with Crippen molar-refractivity contribution in [1.29, 1.82) is 0 Å². The molecule has 8 nitrogen and oxygen atoms in total. The van der Waals surface area contributed by atoms with Crippen LogP contribution in [0.5, 0.6) is 0 Å². The van der Waals surface area contributed by atoms with Gasteiger partial charge in [0.25, 0.3) is 11.6 Å². The van der Waals surface area contributed by atoms with Gasteiger partial charge in [-0.25, -0.2) is 0 Å². The van der Waals surface area contributed by atoms with Gasteiger partial charge in [0.1, 0.15) is 5.54 Å². The SMILES string of the molecule is CC(C)(c1nc(-c2ccc([N+](=O)[O-])cc2)no1)n1cc(Br)cn1. The molecule has 0 saturated carbocycles. The van der Waals surface area contributed by atoms with E-state index in [0.717, 1.165) is 4.47 Å². The first-order valence-electron chi connectivity index (χ1n) is 6.67. The molecule has 118 valence electrons. The second kappa shape index (κ2) is 5.58. The number of nitro benzene ring substituents is 1. The van der Waals surface area contributed by atoms with Crippen LogP contribution in [-0.4, -0.2) is 24.8 Å². The fourth-order valence-corrected chi connectivity index (χ4v) is 2.31. The number of hydrogen-bond acceptors (Lipinski definition) is 6. The van der Waals surface area contributed by atoms with Crippen LogP contribution in [0.15, 0.2) is 45.7 Å². The van der Waals surface area contributed by atoms with Crippen LogP contribution >= 0.6 is 15.9 Å². The molecule has 0 bridgehead atoms. The van der Waals surface area contributed by atoms with Crippen LogP contribution < -0.4 is 0 Å².